The van der Waals surface area contributed by atoms with Crippen molar-refractivity contribution >= 4 is 0 Å². The standard InChI is InChI=1S/C50H59NO7/c1-51(2)32-43-27-16-17-30-50(43,52-3)42-28-18-29-44(31-42)57-49-48(56-36-41-25-14-7-15-26-41)47(55-35-40-23-12-6-13-24-40)46(54-34-39-21-10-5-11-22-39)45(58-49)37-53-33-38-19-8-4-9-20-38/h4-15,18-26,28-29,31,43,45-49H,16-17,27,30,32-37H2,1-3H3/t43-,45?,46-,47-,48?,49?,50+/m0/s1. The number of benzene rings is 5. The molecule has 3 unspecified atom stereocenters. The van der Waals surface area contributed by atoms with Crippen molar-refractivity contribution in [3.8, 4) is 5.75 Å². The molecule has 8 nitrogen and oxygen atoms in total. The smallest absolute Gasteiger partial charge is 0.229 e. The maximum absolute atomic E-state index is 7.01. The third-order valence-electron chi connectivity index (χ3n) is 11.4. The molecular weight excluding hydrogens is 727 g/mol. The van der Waals surface area contributed by atoms with E-state index in [2.05, 4.69) is 85.7 Å². The Hall–Kier alpha value is -4.38. The summed E-state index contributed by atoms with van der Waals surface area (Å²) in [4.78, 5) is 2.26. The number of hydrogen-bond donors (Lipinski definition) is 0. The molecule has 2 fully saturated rings. The summed E-state index contributed by atoms with van der Waals surface area (Å²) in [5.74, 6) is 1.02. The molecule has 0 bridgehead atoms. The summed E-state index contributed by atoms with van der Waals surface area (Å²) in [5, 5.41) is 0. The molecule has 1 saturated carbocycles. The van der Waals surface area contributed by atoms with E-state index < -0.39 is 36.3 Å². The molecule has 58 heavy (non-hydrogen) atoms. The van der Waals surface area contributed by atoms with E-state index in [-0.39, 0.29) is 6.61 Å². The van der Waals surface area contributed by atoms with Crippen molar-refractivity contribution in [2.45, 2.75) is 88.4 Å². The third kappa shape index (κ3) is 11.0. The molecule has 5 aromatic rings. The van der Waals surface area contributed by atoms with Crippen LogP contribution >= 0.6 is 0 Å². The summed E-state index contributed by atoms with van der Waals surface area (Å²) < 4.78 is 47.6. The zero-order valence-corrected chi connectivity index (χ0v) is 34.2. The first-order chi connectivity index (χ1) is 28.5. The van der Waals surface area contributed by atoms with E-state index in [0.717, 1.165) is 53.6 Å². The van der Waals surface area contributed by atoms with Crippen LogP contribution in [0.15, 0.2) is 146 Å². The zero-order valence-electron chi connectivity index (χ0n) is 34.2. The topological polar surface area (TPSA) is 67.9 Å². The molecule has 1 aliphatic carbocycles. The Bertz CT molecular complexity index is 1910. The molecule has 0 spiro atoms. The third-order valence-corrected chi connectivity index (χ3v) is 11.4. The first kappa shape index (κ1) is 41.8. The van der Waals surface area contributed by atoms with Crippen LogP contribution in [0.2, 0.25) is 0 Å². The van der Waals surface area contributed by atoms with Crippen LogP contribution in [0.5, 0.6) is 5.75 Å². The van der Waals surface area contributed by atoms with E-state index >= 15 is 0 Å². The van der Waals surface area contributed by atoms with E-state index in [9.17, 15) is 0 Å². The SMILES string of the molecule is CO[C@@]1(c2cccc(OC3OC(COCc4ccccc4)[C@H](OCc4ccccc4)[C@H](OCc4ccccc4)C3OCc3ccccc3)c2)CCCC[C@H]1CN(C)C. The van der Waals surface area contributed by atoms with Crippen molar-refractivity contribution in [3.05, 3.63) is 173 Å². The minimum Gasteiger partial charge on any atom is -0.462 e. The van der Waals surface area contributed by atoms with Gasteiger partial charge in [-0.05, 0) is 66.9 Å². The van der Waals surface area contributed by atoms with E-state index in [1.807, 2.05) is 86.0 Å². The summed E-state index contributed by atoms with van der Waals surface area (Å²) in [6, 6.07) is 49.1. The maximum Gasteiger partial charge on any atom is 0.229 e. The van der Waals surface area contributed by atoms with Gasteiger partial charge in [-0.2, -0.15) is 0 Å². The van der Waals surface area contributed by atoms with Gasteiger partial charge in [0.15, 0.2) is 0 Å². The molecule has 8 heteroatoms. The minimum absolute atomic E-state index is 0.254. The average molecular weight is 786 g/mol. The Labute approximate surface area is 345 Å². The lowest BCUT2D eigenvalue weighted by Gasteiger charge is -2.46. The summed E-state index contributed by atoms with van der Waals surface area (Å²) in [6.07, 6.45) is 1.13. The summed E-state index contributed by atoms with van der Waals surface area (Å²) in [7, 11) is 6.12. The van der Waals surface area contributed by atoms with E-state index in [1.165, 1.54) is 6.42 Å². The molecular formula is C50H59NO7. The fourth-order valence-electron chi connectivity index (χ4n) is 8.47. The van der Waals surface area contributed by atoms with Gasteiger partial charge < -0.3 is 38.1 Å². The van der Waals surface area contributed by atoms with Crippen LogP contribution in [0.3, 0.4) is 0 Å². The van der Waals surface area contributed by atoms with Crippen molar-refractivity contribution in [2.24, 2.45) is 5.92 Å². The number of rotatable bonds is 19. The van der Waals surface area contributed by atoms with E-state index in [1.54, 1.807) is 0 Å². The Morgan fingerprint density at radius 3 is 1.69 bits per heavy atom. The monoisotopic (exact) mass is 785 g/mol. The minimum atomic E-state index is -0.857. The largest absolute Gasteiger partial charge is 0.462 e. The summed E-state index contributed by atoms with van der Waals surface area (Å²) >= 11 is 0. The predicted octanol–water partition coefficient (Wildman–Crippen LogP) is 9.36. The number of nitrogens with zero attached hydrogens (tertiary/aromatic N) is 1. The van der Waals surface area contributed by atoms with Gasteiger partial charge in [-0.1, -0.05) is 146 Å². The highest BCUT2D eigenvalue weighted by Gasteiger charge is 2.50. The lowest BCUT2D eigenvalue weighted by Crippen LogP contribution is -2.62. The number of hydrogen-bond acceptors (Lipinski definition) is 8. The molecule has 0 N–H and O–H groups in total. The predicted molar refractivity (Wildman–Crippen MR) is 226 cm³/mol. The molecule has 0 aromatic heterocycles. The Morgan fingerprint density at radius 1 is 0.603 bits per heavy atom. The Kier molecular flexibility index (Phi) is 15.2. The fraction of sp³-hybridized carbons (Fsp3) is 0.400. The molecule has 0 amide bonds. The average Bonchev–Trinajstić information content (AvgIpc) is 3.26. The van der Waals surface area contributed by atoms with Gasteiger partial charge in [0.05, 0.1) is 38.6 Å². The van der Waals surface area contributed by atoms with Gasteiger partial charge >= 0.3 is 0 Å². The lowest BCUT2D eigenvalue weighted by molar-refractivity contribution is -0.310. The molecule has 2 aliphatic rings. The van der Waals surface area contributed by atoms with Crippen LogP contribution in [0.1, 0.15) is 53.5 Å². The van der Waals surface area contributed by atoms with E-state index in [4.69, 9.17) is 33.2 Å². The molecule has 1 heterocycles. The zero-order chi connectivity index (χ0) is 40.0. The van der Waals surface area contributed by atoms with Gasteiger partial charge in [0, 0.05) is 19.6 Å². The van der Waals surface area contributed by atoms with Gasteiger partial charge in [-0.3, -0.25) is 0 Å². The highest BCUT2D eigenvalue weighted by Crippen LogP contribution is 2.46. The number of ether oxygens (including phenoxy) is 7. The molecule has 7 rings (SSSR count). The van der Waals surface area contributed by atoms with Crippen LogP contribution in [-0.4, -0.2) is 70.0 Å². The van der Waals surface area contributed by atoms with Crippen LogP contribution in [0, 0.1) is 5.92 Å². The quantitative estimate of drug-likeness (QED) is 0.0821. The van der Waals surface area contributed by atoms with Crippen LogP contribution in [-0.2, 0) is 60.4 Å². The molecule has 5 aromatic carbocycles. The summed E-state index contributed by atoms with van der Waals surface area (Å²) in [5.41, 5.74) is 4.89. The normalized spacial score (nSPS) is 24.8. The first-order valence-electron chi connectivity index (χ1n) is 20.7. The van der Waals surface area contributed by atoms with Crippen LogP contribution in [0.25, 0.3) is 0 Å². The van der Waals surface area contributed by atoms with Crippen molar-refractivity contribution in [1.29, 1.82) is 0 Å². The van der Waals surface area contributed by atoms with Gasteiger partial charge in [0.2, 0.25) is 6.29 Å². The maximum atomic E-state index is 7.01. The second-order valence-electron chi connectivity index (χ2n) is 15.8. The van der Waals surface area contributed by atoms with Gasteiger partial charge in [0.1, 0.15) is 30.2 Å². The van der Waals surface area contributed by atoms with Crippen LogP contribution < -0.4 is 4.74 Å². The number of methoxy groups -OCH3 is 1. The molecule has 0 radical (unpaired) electrons. The van der Waals surface area contributed by atoms with Crippen molar-refractivity contribution < 1.29 is 33.2 Å². The van der Waals surface area contributed by atoms with Crippen molar-refractivity contribution in [3.63, 3.8) is 0 Å². The molecule has 306 valence electrons. The second kappa shape index (κ2) is 21.0. The van der Waals surface area contributed by atoms with Crippen molar-refractivity contribution in [2.75, 3.05) is 34.4 Å². The van der Waals surface area contributed by atoms with Gasteiger partial charge in [-0.25, -0.2) is 0 Å². The highest BCUT2D eigenvalue weighted by molar-refractivity contribution is 5.34. The molecule has 7 atom stereocenters. The van der Waals surface area contributed by atoms with E-state index in [0.29, 0.717) is 38.1 Å². The Balaban J connectivity index is 1.24. The molecule has 1 saturated heterocycles. The van der Waals surface area contributed by atoms with Crippen molar-refractivity contribution in [1.82, 2.24) is 4.90 Å². The summed E-state index contributed by atoms with van der Waals surface area (Å²) in [6.45, 7) is 2.67. The van der Waals surface area contributed by atoms with Gasteiger partial charge in [0.25, 0.3) is 0 Å². The second-order valence-corrected chi connectivity index (χ2v) is 15.8. The molecule has 1 aliphatic heterocycles. The van der Waals surface area contributed by atoms with Gasteiger partial charge in [-0.15, -0.1) is 0 Å². The lowest BCUT2D eigenvalue weighted by atomic mass is 9.71. The fourth-order valence-corrected chi connectivity index (χ4v) is 8.47. The Morgan fingerprint density at radius 2 is 1.14 bits per heavy atom. The highest BCUT2D eigenvalue weighted by atomic mass is 16.7. The van der Waals surface area contributed by atoms with Crippen LogP contribution in [0.4, 0.5) is 0 Å². The first-order valence-corrected chi connectivity index (χ1v) is 20.7.